The Morgan fingerprint density at radius 1 is 1.09 bits per heavy atom. The van der Waals surface area contributed by atoms with Crippen molar-refractivity contribution in [2.24, 2.45) is 11.8 Å². The fraction of sp³-hybridized carbons (Fsp3) is 0.476. The van der Waals surface area contributed by atoms with Crippen LogP contribution in [-0.2, 0) is 29.1 Å². The number of sulfonamides is 1. The molecule has 0 bridgehead atoms. The van der Waals surface area contributed by atoms with Gasteiger partial charge >= 0.3 is 0 Å². The van der Waals surface area contributed by atoms with E-state index in [4.69, 9.17) is 4.74 Å². The van der Waals surface area contributed by atoms with E-state index in [1.807, 2.05) is 12.2 Å². The van der Waals surface area contributed by atoms with Crippen LogP contribution in [0.3, 0.4) is 0 Å². The molecule has 0 radical (unpaired) electrons. The molecule has 32 heavy (non-hydrogen) atoms. The Hall–Kier alpha value is -2.63. The lowest BCUT2D eigenvalue weighted by atomic mass is 9.85. The van der Waals surface area contributed by atoms with Gasteiger partial charge in [-0.3, -0.25) is 19.3 Å². The average molecular weight is 466 g/mol. The Morgan fingerprint density at radius 2 is 1.72 bits per heavy atom. The molecule has 1 aromatic carbocycles. The fourth-order valence-electron chi connectivity index (χ4n) is 4.23. The van der Waals surface area contributed by atoms with Crippen molar-refractivity contribution in [1.82, 2.24) is 9.21 Å². The van der Waals surface area contributed by atoms with Crippen molar-refractivity contribution in [2.45, 2.75) is 24.2 Å². The van der Waals surface area contributed by atoms with Gasteiger partial charge < -0.3 is 10.1 Å². The van der Waals surface area contributed by atoms with Crippen LogP contribution in [0.4, 0.5) is 10.1 Å². The van der Waals surface area contributed by atoms with Gasteiger partial charge in [0.05, 0.1) is 25.0 Å². The molecule has 2 saturated heterocycles. The highest BCUT2D eigenvalue weighted by Crippen LogP contribution is 2.35. The summed E-state index contributed by atoms with van der Waals surface area (Å²) in [5.74, 6) is -2.68. The van der Waals surface area contributed by atoms with Crippen LogP contribution in [0.2, 0.25) is 0 Å². The largest absolute Gasteiger partial charge is 0.379 e. The zero-order chi connectivity index (χ0) is 22.9. The highest BCUT2D eigenvalue weighted by atomic mass is 32.2. The molecule has 0 spiro atoms. The lowest BCUT2D eigenvalue weighted by Crippen LogP contribution is -2.40. The number of nitrogens with one attached hydrogen (secondary N) is 1. The molecule has 0 saturated carbocycles. The molecule has 2 heterocycles. The zero-order valence-electron chi connectivity index (χ0n) is 17.3. The number of hydrogen-bond acceptors (Lipinski definition) is 6. The predicted octanol–water partition coefficient (Wildman–Crippen LogP) is 1.13. The number of carbonyl (C=O) groups excluding carboxylic acids is 3. The summed E-state index contributed by atoms with van der Waals surface area (Å²) in [5, 5.41) is 2.53. The van der Waals surface area contributed by atoms with Crippen molar-refractivity contribution in [1.29, 1.82) is 0 Å². The molecule has 0 aromatic heterocycles. The molecule has 1 aliphatic carbocycles. The van der Waals surface area contributed by atoms with Gasteiger partial charge in [-0.25, -0.2) is 12.8 Å². The summed E-state index contributed by atoms with van der Waals surface area (Å²) in [6.07, 6.45) is 4.67. The van der Waals surface area contributed by atoms with E-state index in [2.05, 4.69) is 5.32 Å². The number of allylic oxidation sites excluding steroid dienone is 2. The quantitative estimate of drug-likeness (QED) is 0.498. The van der Waals surface area contributed by atoms with Gasteiger partial charge in [-0.15, -0.1) is 0 Å². The van der Waals surface area contributed by atoms with Gasteiger partial charge in [0.15, 0.2) is 0 Å². The molecule has 2 fully saturated rings. The second-order valence-electron chi connectivity index (χ2n) is 7.94. The van der Waals surface area contributed by atoms with E-state index < -0.39 is 26.6 Å². The third-order valence-electron chi connectivity index (χ3n) is 5.96. The highest BCUT2D eigenvalue weighted by Gasteiger charge is 2.46. The molecule has 1 N–H and O–H groups in total. The van der Waals surface area contributed by atoms with Crippen LogP contribution in [0.5, 0.6) is 0 Å². The number of nitrogens with zero attached hydrogens (tertiary/aromatic N) is 2. The summed E-state index contributed by atoms with van der Waals surface area (Å²) < 4.78 is 46.1. The van der Waals surface area contributed by atoms with Gasteiger partial charge in [0.1, 0.15) is 10.7 Å². The van der Waals surface area contributed by atoms with Crippen molar-refractivity contribution in [3.05, 3.63) is 36.2 Å². The van der Waals surface area contributed by atoms with Crippen molar-refractivity contribution in [3.8, 4) is 0 Å². The number of morpholine rings is 1. The van der Waals surface area contributed by atoms with Gasteiger partial charge in [-0.05, 0) is 31.0 Å². The third kappa shape index (κ3) is 4.32. The van der Waals surface area contributed by atoms with Crippen LogP contribution < -0.4 is 5.32 Å². The summed E-state index contributed by atoms with van der Waals surface area (Å²) in [7, 11) is -4.08. The summed E-state index contributed by atoms with van der Waals surface area (Å²) >= 11 is 0. The molecular weight excluding hydrogens is 441 g/mol. The number of carbonyl (C=O) groups is 3. The van der Waals surface area contributed by atoms with Crippen molar-refractivity contribution in [2.75, 3.05) is 38.2 Å². The monoisotopic (exact) mass is 465 g/mol. The Kier molecular flexibility index (Phi) is 6.40. The van der Waals surface area contributed by atoms with E-state index in [0.717, 1.165) is 21.3 Å². The Morgan fingerprint density at radius 3 is 2.34 bits per heavy atom. The third-order valence-corrected chi connectivity index (χ3v) is 7.88. The summed E-state index contributed by atoms with van der Waals surface area (Å²) in [5.41, 5.74) is 0.111. The van der Waals surface area contributed by atoms with Crippen LogP contribution in [0.1, 0.15) is 19.3 Å². The van der Waals surface area contributed by atoms with E-state index in [0.29, 0.717) is 12.8 Å². The fourth-order valence-corrected chi connectivity index (χ4v) is 5.73. The minimum atomic E-state index is -4.08. The Bertz CT molecular complexity index is 1040. The Balaban J connectivity index is 1.40. The smallest absolute Gasteiger partial charge is 0.246 e. The number of amides is 3. The zero-order valence-corrected chi connectivity index (χ0v) is 18.1. The minimum absolute atomic E-state index is 0.0589. The van der Waals surface area contributed by atoms with E-state index in [1.54, 1.807) is 0 Å². The number of anilines is 1. The summed E-state index contributed by atoms with van der Waals surface area (Å²) in [6, 6.07) is 3.32. The number of imide groups is 1. The predicted molar refractivity (Wildman–Crippen MR) is 111 cm³/mol. The number of fused-ring (bicyclic) bond motifs is 1. The van der Waals surface area contributed by atoms with Crippen LogP contribution in [0.25, 0.3) is 0 Å². The Labute approximate surface area is 185 Å². The maximum Gasteiger partial charge on any atom is 0.246 e. The average Bonchev–Trinajstić information content (AvgIpc) is 3.04. The van der Waals surface area contributed by atoms with Crippen LogP contribution >= 0.6 is 0 Å². The molecule has 1 aromatic rings. The first-order valence-corrected chi connectivity index (χ1v) is 11.9. The molecule has 0 unspecified atom stereocenters. The molecule has 11 heteroatoms. The second-order valence-corrected chi connectivity index (χ2v) is 9.85. The van der Waals surface area contributed by atoms with Crippen LogP contribution in [0.15, 0.2) is 35.2 Å². The van der Waals surface area contributed by atoms with Crippen molar-refractivity contribution in [3.63, 3.8) is 0 Å². The number of hydrogen-bond donors (Lipinski definition) is 1. The van der Waals surface area contributed by atoms with E-state index in [-0.39, 0.29) is 68.6 Å². The first-order chi connectivity index (χ1) is 15.3. The van der Waals surface area contributed by atoms with E-state index >= 15 is 0 Å². The van der Waals surface area contributed by atoms with Crippen molar-refractivity contribution >= 4 is 33.4 Å². The molecule has 9 nitrogen and oxygen atoms in total. The standard InChI is InChI=1S/C21H24FN3O6S/c22-17-6-5-14(13-18(17)32(29,30)24-9-11-31-12-10-24)23-19(26)7-8-25-20(27)15-3-1-2-4-16(15)21(25)28/h1-2,5-6,13,15-16H,3-4,7-12H2,(H,23,26)/t15-,16-/m0/s1. The van der Waals surface area contributed by atoms with Gasteiger partial charge in [-0.2, -0.15) is 4.31 Å². The summed E-state index contributed by atoms with van der Waals surface area (Å²) in [6.45, 7) is 0.629. The highest BCUT2D eigenvalue weighted by molar-refractivity contribution is 7.89. The molecule has 3 aliphatic rings. The first-order valence-electron chi connectivity index (χ1n) is 10.5. The lowest BCUT2D eigenvalue weighted by Gasteiger charge is -2.26. The molecule has 172 valence electrons. The first kappa shape index (κ1) is 22.6. The van der Waals surface area contributed by atoms with Gasteiger partial charge in [0, 0.05) is 31.7 Å². The second kappa shape index (κ2) is 9.08. The lowest BCUT2D eigenvalue weighted by molar-refractivity contribution is -0.140. The molecular formula is C21H24FN3O6S. The topological polar surface area (TPSA) is 113 Å². The molecule has 4 rings (SSSR count). The molecule has 2 aliphatic heterocycles. The molecule has 2 atom stereocenters. The van der Waals surface area contributed by atoms with Gasteiger partial charge in [-0.1, -0.05) is 12.2 Å². The van der Waals surface area contributed by atoms with Crippen LogP contribution in [0, 0.1) is 17.7 Å². The maximum atomic E-state index is 14.3. The minimum Gasteiger partial charge on any atom is -0.379 e. The summed E-state index contributed by atoms with van der Waals surface area (Å²) in [4.78, 5) is 38.0. The molecule has 3 amide bonds. The SMILES string of the molecule is O=C(CCN1C(=O)[C@H]2CC=CC[C@@H]2C1=O)Nc1ccc(F)c(S(=O)(=O)N2CCOCC2)c1. The number of rotatable bonds is 6. The van der Waals surface area contributed by atoms with Crippen LogP contribution in [-0.4, -0.2) is 68.2 Å². The maximum absolute atomic E-state index is 14.3. The van der Waals surface area contributed by atoms with Gasteiger partial charge in [0.25, 0.3) is 0 Å². The number of benzene rings is 1. The number of likely N-dealkylation sites (tertiary alicyclic amines) is 1. The van der Waals surface area contributed by atoms with E-state index in [1.165, 1.54) is 6.07 Å². The van der Waals surface area contributed by atoms with Gasteiger partial charge in [0.2, 0.25) is 27.7 Å². The normalized spacial score (nSPS) is 24.0. The number of halogens is 1. The van der Waals surface area contributed by atoms with Crippen molar-refractivity contribution < 1.29 is 31.9 Å². The van der Waals surface area contributed by atoms with E-state index in [9.17, 15) is 27.2 Å². The number of ether oxygens (including phenoxy) is 1.